The summed E-state index contributed by atoms with van der Waals surface area (Å²) in [5.74, 6) is -0.977. The molecule has 0 aliphatic rings. The molecule has 0 heterocycles. The number of carbonyl (C=O) groups excluding carboxylic acids is 1. The van der Waals surface area contributed by atoms with Gasteiger partial charge in [0, 0.05) is 19.2 Å². The molecule has 0 bridgehead atoms. The van der Waals surface area contributed by atoms with Gasteiger partial charge in [0.2, 0.25) is 5.91 Å². The van der Waals surface area contributed by atoms with E-state index in [9.17, 15) is 18.7 Å². The molecule has 0 fully saturated rings. The monoisotopic (exact) mass is 496 g/mol. The fourth-order valence-electron chi connectivity index (χ4n) is 4.05. The van der Waals surface area contributed by atoms with Crippen molar-refractivity contribution in [1.29, 1.82) is 0 Å². The van der Waals surface area contributed by atoms with E-state index in [1.165, 1.54) is 17.7 Å². The lowest BCUT2D eigenvalue weighted by Gasteiger charge is -2.25. The Morgan fingerprint density at radius 3 is 2.28 bits per heavy atom. The highest BCUT2D eigenvalue weighted by molar-refractivity contribution is 5.79. The molecule has 3 N–H and O–H groups in total. The Balaban J connectivity index is 1.65. The first-order chi connectivity index (χ1) is 17.4. The predicted octanol–water partition coefficient (Wildman–Crippen LogP) is 4.35. The molecule has 0 saturated heterocycles. The molecule has 0 aliphatic carbocycles. The van der Waals surface area contributed by atoms with Crippen LogP contribution in [0.5, 0.6) is 5.75 Å². The summed E-state index contributed by atoms with van der Waals surface area (Å²) >= 11 is 0. The molecule has 192 valence electrons. The van der Waals surface area contributed by atoms with E-state index in [1.54, 1.807) is 12.1 Å². The van der Waals surface area contributed by atoms with Crippen LogP contribution >= 0.6 is 0 Å². The highest BCUT2D eigenvalue weighted by Crippen LogP contribution is 2.15. The lowest BCUT2D eigenvalue weighted by molar-refractivity contribution is -0.122. The third kappa shape index (κ3) is 8.73. The number of aryl methyl sites for hydroxylation is 1. The molecule has 1 amide bonds. The van der Waals surface area contributed by atoms with Gasteiger partial charge in [-0.1, -0.05) is 43.3 Å². The Labute approximate surface area is 211 Å². The second-order valence-electron chi connectivity index (χ2n) is 8.78. The zero-order valence-electron chi connectivity index (χ0n) is 20.8. The van der Waals surface area contributed by atoms with Crippen molar-refractivity contribution in [1.82, 2.24) is 10.6 Å². The molecule has 0 spiro atoms. The second-order valence-corrected chi connectivity index (χ2v) is 8.78. The van der Waals surface area contributed by atoms with Gasteiger partial charge < -0.3 is 20.5 Å². The number of amides is 1. The molecular formula is C29H34F2N2O3. The van der Waals surface area contributed by atoms with Crippen LogP contribution in [0.3, 0.4) is 0 Å². The average Bonchev–Trinajstić information content (AvgIpc) is 2.84. The molecule has 3 aromatic rings. The van der Waals surface area contributed by atoms with E-state index in [2.05, 4.69) is 29.7 Å². The summed E-state index contributed by atoms with van der Waals surface area (Å²) in [6, 6.07) is 17.9. The standard InChI is InChI=1S/C29H34F2N2O3/c1-3-20-6-5-7-22(12-20)18-32-19-28(34)27(15-23-13-24(30)17-25(31)14-23)33-29(35)16-21-8-10-26(11-9-21)36-4-2/h5-14,17,27-28,32,34H,3-4,15-16,18-19H2,1-2H3,(H,33,35)/t27-,28-/m0/s1. The Hall–Kier alpha value is -3.29. The molecular weight excluding hydrogens is 462 g/mol. The first-order valence-electron chi connectivity index (χ1n) is 12.3. The largest absolute Gasteiger partial charge is 0.494 e. The van der Waals surface area contributed by atoms with Crippen molar-refractivity contribution in [3.05, 3.63) is 101 Å². The lowest BCUT2D eigenvalue weighted by atomic mass is 10.00. The number of carbonyl (C=O) groups is 1. The van der Waals surface area contributed by atoms with E-state index >= 15 is 0 Å². The van der Waals surface area contributed by atoms with Crippen molar-refractivity contribution >= 4 is 5.91 Å². The lowest BCUT2D eigenvalue weighted by Crippen LogP contribution is -2.49. The van der Waals surface area contributed by atoms with Gasteiger partial charge in [-0.2, -0.15) is 0 Å². The smallest absolute Gasteiger partial charge is 0.224 e. The number of ether oxygens (including phenoxy) is 1. The van der Waals surface area contributed by atoms with Crippen LogP contribution in [0.15, 0.2) is 66.7 Å². The van der Waals surface area contributed by atoms with Crippen LogP contribution in [0, 0.1) is 11.6 Å². The molecule has 7 heteroatoms. The zero-order valence-corrected chi connectivity index (χ0v) is 20.8. The van der Waals surface area contributed by atoms with Crippen molar-refractivity contribution in [3.8, 4) is 5.75 Å². The number of aliphatic hydroxyl groups is 1. The van der Waals surface area contributed by atoms with Crippen LogP contribution in [-0.2, 0) is 30.6 Å². The maximum atomic E-state index is 13.8. The van der Waals surface area contributed by atoms with Crippen molar-refractivity contribution in [3.63, 3.8) is 0 Å². The normalized spacial score (nSPS) is 12.7. The SMILES string of the molecule is CCOc1ccc(CC(=O)N[C@@H](Cc2cc(F)cc(F)c2)[C@@H](O)CNCc2cccc(CC)c2)cc1. The van der Waals surface area contributed by atoms with Gasteiger partial charge in [0.05, 0.1) is 25.2 Å². The minimum absolute atomic E-state index is 0.0812. The zero-order chi connectivity index (χ0) is 25.9. The molecule has 0 radical (unpaired) electrons. The van der Waals surface area contributed by atoms with Crippen molar-refractivity contribution < 1.29 is 23.4 Å². The van der Waals surface area contributed by atoms with Crippen LogP contribution in [0.25, 0.3) is 0 Å². The van der Waals surface area contributed by atoms with E-state index in [-0.39, 0.29) is 25.3 Å². The van der Waals surface area contributed by atoms with Gasteiger partial charge in [0.15, 0.2) is 0 Å². The van der Waals surface area contributed by atoms with Gasteiger partial charge in [-0.25, -0.2) is 8.78 Å². The van der Waals surface area contributed by atoms with E-state index in [4.69, 9.17) is 4.74 Å². The molecule has 0 unspecified atom stereocenters. The van der Waals surface area contributed by atoms with Gasteiger partial charge in [-0.3, -0.25) is 4.79 Å². The minimum Gasteiger partial charge on any atom is -0.494 e. The molecule has 5 nitrogen and oxygen atoms in total. The average molecular weight is 497 g/mol. The third-order valence-corrected chi connectivity index (χ3v) is 5.87. The number of benzene rings is 3. The second kappa shape index (κ2) is 13.7. The van der Waals surface area contributed by atoms with Gasteiger partial charge in [0.25, 0.3) is 0 Å². The van der Waals surface area contributed by atoms with E-state index < -0.39 is 23.8 Å². The highest BCUT2D eigenvalue weighted by Gasteiger charge is 2.22. The van der Waals surface area contributed by atoms with Gasteiger partial charge in [-0.15, -0.1) is 0 Å². The first-order valence-corrected chi connectivity index (χ1v) is 12.3. The fraction of sp³-hybridized carbons (Fsp3) is 0.345. The van der Waals surface area contributed by atoms with E-state index in [0.29, 0.717) is 18.7 Å². The summed E-state index contributed by atoms with van der Waals surface area (Å²) in [4.78, 5) is 12.8. The number of hydrogen-bond acceptors (Lipinski definition) is 4. The summed E-state index contributed by atoms with van der Waals surface area (Å²) in [6.07, 6.45) is 0.140. The van der Waals surface area contributed by atoms with Gasteiger partial charge in [0.1, 0.15) is 17.4 Å². The summed E-state index contributed by atoms with van der Waals surface area (Å²) < 4.78 is 32.9. The first kappa shape index (κ1) is 27.3. The van der Waals surface area contributed by atoms with E-state index in [0.717, 1.165) is 29.4 Å². The number of rotatable bonds is 13. The van der Waals surface area contributed by atoms with E-state index in [1.807, 2.05) is 31.2 Å². The van der Waals surface area contributed by atoms with Gasteiger partial charge in [-0.05, 0) is 66.3 Å². The van der Waals surface area contributed by atoms with Crippen molar-refractivity contribution in [2.24, 2.45) is 0 Å². The summed E-state index contributed by atoms with van der Waals surface area (Å²) in [6.45, 7) is 5.28. The van der Waals surface area contributed by atoms with Crippen molar-refractivity contribution in [2.75, 3.05) is 13.2 Å². The predicted molar refractivity (Wildman–Crippen MR) is 137 cm³/mol. The van der Waals surface area contributed by atoms with Crippen LogP contribution in [0.4, 0.5) is 8.78 Å². The number of halogens is 2. The number of hydrogen-bond donors (Lipinski definition) is 3. The van der Waals surface area contributed by atoms with Crippen LogP contribution < -0.4 is 15.4 Å². The Morgan fingerprint density at radius 2 is 1.61 bits per heavy atom. The summed E-state index contributed by atoms with van der Waals surface area (Å²) in [7, 11) is 0. The molecule has 2 atom stereocenters. The quantitative estimate of drug-likeness (QED) is 0.329. The Bertz CT molecular complexity index is 1100. The molecule has 0 aliphatic heterocycles. The number of aliphatic hydroxyl groups excluding tert-OH is 1. The Kier molecular flexibility index (Phi) is 10.4. The number of nitrogens with one attached hydrogen (secondary N) is 2. The van der Waals surface area contributed by atoms with Crippen LogP contribution in [0.2, 0.25) is 0 Å². The molecule has 0 saturated carbocycles. The topological polar surface area (TPSA) is 70.6 Å². The summed E-state index contributed by atoms with van der Waals surface area (Å²) in [5, 5.41) is 17.0. The molecule has 3 rings (SSSR count). The fourth-order valence-corrected chi connectivity index (χ4v) is 4.05. The minimum atomic E-state index is -0.977. The summed E-state index contributed by atoms with van der Waals surface area (Å²) in [5.41, 5.74) is 3.45. The molecule has 0 aromatic heterocycles. The third-order valence-electron chi connectivity index (χ3n) is 5.87. The van der Waals surface area contributed by atoms with Gasteiger partial charge >= 0.3 is 0 Å². The van der Waals surface area contributed by atoms with Crippen LogP contribution in [0.1, 0.15) is 36.1 Å². The Morgan fingerprint density at radius 1 is 0.917 bits per heavy atom. The van der Waals surface area contributed by atoms with Crippen molar-refractivity contribution in [2.45, 2.75) is 51.8 Å². The molecule has 3 aromatic carbocycles. The maximum absolute atomic E-state index is 13.8. The van der Waals surface area contributed by atoms with Crippen LogP contribution in [-0.4, -0.2) is 36.3 Å². The molecule has 36 heavy (non-hydrogen) atoms. The highest BCUT2D eigenvalue weighted by atomic mass is 19.1. The maximum Gasteiger partial charge on any atom is 0.224 e.